The molecule has 0 amide bonds. The van der Waals surface area contributed by atoms with Crippen molar-refractivity contribution in [2.75, 3.05) is 0 Å². The van der Waals surface area contributed by atoms with Gasteiger partial charge in [-0.25, -0.2) is 0 Å². The normalized spacial score (nSPS) is 12.0. The average molecular weight is 175 g/mol. The van der Waals surface area contributed by atoms with Gasteiger partial charge >= 0.3 is 0 Å². The quantitative estimate of drug-likeness (QED) is 0.637. The topological polar surface area (TPSA) is 37.8 Å². The molecule has 1 heterocycles. The van der Waals surface area contributed by atoms with Crippen molar-refractivity contribution >= 4 is 11.6 Å². The van der Waals surface area contributed by atoms with E-state index < -0.39 is 0 Å². The maximum absolute atomic E-state index is 10.9. The molecule has 0 saturated heterocycles. The lowest BCUT2D eigenvalue weighted by molar-refractivity contribution is 0.353. The molecule has 11 heavy (non-hydrogen) atoms. The molecule has 0 atom stereocenters. The summed E-state index contributed by atoms with van der Waals surface area (Å²) in [6.45, 7) is 5.96. The summed E-state index contributed by atoms with van der Waals surface area (Å²) < 4.78 is 1.69. The number of hydrogen-bond donors (Lipinski definition) is 1. The second-order valence-corrected chi connectivity index (χ2v) is 3.87. The molecular formula is C7H11ClN2O. The van der Waals surface area contributed by atoms with E-state index in [1.165, 1.54) is 0 Å². The van der Waals surface area contributed by atoms with Crippen LogP contribution >= 0.6 is 11.6 Å². The summed E-state index contributed by atoms with van der Waals surface area (Å²) >= 11 is 5.57. The molecule has 0 radical (unpaired) electrons. The van der Waals surface area contributed by atoms with E-state index in [-0.39, 0.29) is 16.1 Å². The summed E-state index contributed by atoms with van der Waals surface area (Å²) in [7, 11) is 0. The number of H-pyrrole nitrogens is 1. The zero-order valence-electron chi connectivity index (χ0n) is 6.81. The van der Waals surface area contributed by atoms with Crippen LogP contribution in [0.25, 0.3) is 0 Å². The molecular weight excluding hydrogens is 164 g/mol. The highest BCUT2D eigenvalue weighted by Gasteiger charge is 2.14. The molecule has 0 fully saturated rings. The lowest BCUT2D eigenvalue weighted by Gasteiger charge is -2.19. The van der Waals surface area contributed by atoms with Gasteiger partial charge < -0.3 is 0 Å². The average Bonchev–Trinajstić information content (AvgIpc) is 2.11. The fraction of sp³-hybridized carbons (Fsp3) is 0.571. The van der Waals surface area contributed by atoms with Gasteiger partial charge in [0.05, 0.1) is 5.54 Å². The number of nitrogens with zero attached hydrogens (tertiary/aromatic N) is 1. The Labute approximate surface area is 70.0 Å². The van der Waals surface area contributed by atoms with E-state index in [1.807, 2.05) is 20.8 Å². The highest BCUT2D eigenvalue weighted by Crippen LogP contribution is 2.12. The van der Waals surface area contributed by atoms with Gasteiger partial charge in [-0.05, 0) is 20.8 Å². The number of aromatic amines is 1. The summed E-state index contributed by atoms with van der Waals surface area (Å²) in [6, 6.07) is 0. The maximum Gasteiger partial charge on any atom is 0.282 e. The van der Waals surface area contributed by atoms with Crippen LogP contribution in [0.3, 0.4) is 0 Å². The van der Waals surface area contributed by atoms with Gasteiger partial charge in [-0.1, -0.05) is 11.6 Å². The number of nitrogens with one attached hydrogen (secondary N) is 1. The number of rotatable bonds is 0. The van der Waals surface area contributed by atoms with Gasteiger partial charge in [0, 0.05) is 6.20 Å². The molecule has 0 unspecified atom stereocenters. The fourth-order valence-electron chi connectivity index (χ4n) is 0.728. The second-order valence-electron chi connectivity index (χ2n) is 3.46. The van der Waals surface area contributed by atoms with Crippen LogP contribution in [0, 0.1) is 0 Å². The van der Waals surface area contributed by atoms with Crippen molar-refractivity contribution in [2.45, 2.75) is 26.3 Å². The van der Waals surface area contributed by atoms with Crippen LogP contribution in [0.1, 0.15) is 20.8 Å². The Kier molecular flexibility index (Phi) is 1.84. The fourth-order valence-corrected chi connectivity index (χ4v) is 0.868. The Morgan fingerprint density at radius 1 is 1.55 bits per heavy atom. The molecule has 4 heteroatoms. The minimum absolute atomic E-state index is 0.119. The van der Waals surface area contributed by atoms with Crippen molar-refractivity contribution in [1.82, 2.24) is 9.78 Å². The zero-order valence-corrected chi connectivity index (χ0v) is 7.57. The number of hydrogen-bond acceptors (Lipinski definition) is 1. The third kappa shape index (κ3) is 1.66. The van der Waals surface area contributed by atoms with Crippen LogP contribution in [0.2, 0.25) is 5.02 Å². The predicted octanol–water partition coefficient (Wildman–Crippen LogP) is 1.58. The van der Waals surface area contributed by atoms with Gasteiger partial charge in [0.2, 0.25) is 0 Å². The first-order valence-corrected chi connectivity index (χ1v) is 3.77. The van der Waals surface area contributed by atoms with Crippen LogP contribution in [0.4, 0.5) is 0 Å². The minimum atomic E-state index is -0.235. The summed E-state index contributed by atoms with van der Waals surface area (Å²) in [6.07, 6.45) is 1.60. The minimum Gasteiger partial charge on any atom is -0.286 e. The molecule has 0 spiro atoms. The first-order valence-electron chi connectivity index (χ1n) is 3.39. The van der Waals surface area contributed by atoms with Crippen molar-refractivity contribution in [1.29, 1.82) is 0 Å². The SMILES string of the molecule is CC(C)(C)n1cc(Cl)c(=O)[nH]1. The molecule has 3 nitrogen and oxygen atoms in total. The van der Waals surface area contributed by atoms with Crippen molar-refractivity contribution in [3.05, 3.63) is 21.6 Å². The van der Waals surface area contributed by atoms with E-state index in [2.05, 4.69) is 5.10 Å². The van der Waals surface area contributed by atoms with Crippen molar-refractivity contribution in [3.63, 3.8) is 0 Å². The Bertz CT molecular complexity index is 305. The van der Waals surface area contributed by atoms with Gasteiger partial charge in [0.25, 0.3) is 5.56 Å². The van der Waals surface area contributed by atoms with E-state index in [1.54, 1.807) is 10.9 Å². The smallest absolute Gasteiger partial charge is 0.282 e. The molecule has 0 aromatic carbocycles. The highest BCUT2D eigenvalue weighted by atomic mass is 35.5. The molecule has 0 saturated carbocycles. The first-order chi connectivity index (χ1) is 4.91. The molecule has 1 N–H and O–H groups in total. The Hall–Kier alpha value is -0.700. The van der Waals surface area contributed by atoms with Gasteiger partial charge in [-0.2, -0.15) is 0 Å². The summed E-state index contributed by atoms with van der Waals surface area (Å²) in [4.78, 5) is 10.9. The summed E-state index contributed by atoms with van der Waals surface area (Å²) in [5, 5.41) is 2.85. The van der Waals surface area contributed by atoms with Crippen molar-refractivity contribution in [2.24, 2.45) is 0 Å². The van der Waals surface area contributed by atoms with Crippen LogP contribution in [-0.4, -0.2) is 9.78 Å². The molecule has 1 aromatic heterocycles. The third-order valence-electron chi connectivity index (χ3n) is 1.40. The van der Waals surface area contributed by atoms with E-state index >= 15 is 0 Å². The van der Waals surface area contributed by atoms with Crippen LogP contribution < -0.4 is 5.56 Å². The molecule has 1 aromatic rings. The molecule has 62 valence electrons. The predicted molar refractivity (Wildman–Crippen MR) is 45.1 cm³/mol. The lowest BCUT2D eigenvalue weighted by atomic mass is 10.1. The second kappa shape index (κ2) is 2.41. The largest absolute Gasteiger partial charge is 0.286 e. The molecule has 0 aliphatic rings. The van der Waals surface area contributed by atoms with Crippen LogP contribution in [-0.2, 0) is 5.54 Å². The monoisotopic (exact) mass is 174 g/mol. The highest BCUT2D eigenvalue weighted by molar-refractivity contribution is 6.30. The van der Waals surface area contributed by atoms with Gasteiger partial charge in [-0.3, -0.25) is 14.6 Å². The molecule has 0 aliphatic carbocycles. The van der Waals surface area contributed by atoms with Crippen molar-refractivity contribution in [3.8, 4) is 0 Å². The lowest BCUT2D eigenvalue weighted by Crippen LogP contribution is -2.23. The number of aromatic nitrogens is 2. The van der Waals surface area contributed by atoms with E-state index in [0.29, 0.717) is 0 Å². The van der Waals surface area contributed by atoms with Crippen molar-refractivity contribution < 1.29 is 0 Å². The van der Waals surface area contributed by atoms with Crippen LogP contribution in [0.15, 0.2) is 11.0 Å². The molecule has 0 aliphatic heterocycles. The summed E-state index contributed by atoms with van der Waals surface area (Å²) in [5.74, 6) is 0. The van der Waals surface area contributed by atoms with E-state index in [4.69, 9.17) is 11.6 Å². The number of halogens is 1. The van der Waals surface area contributed by atoms with Gasteiger partial charge in [0.15, 0.2) is 0 Å². The Balaban J connectivity index is 3.18. The Morgan fingerprint density at radius 3 is 2.27 bits per heavy atom. The third-order valence-corrected chi connectivity index (χ3v) is 1.67. The maximum atomic E-state index is 10.9. The van der Waals surface area contributed by atoms with Gasteiger partial charge in [0.1, 0.15) is 5.02 Å². The first kappa shape index (κ1) is 8.40. The van der Waals surface area contributed by atoms with E-state index in [0.717, 1.165) is 0 Å². The van der Waals surface area contributed by atoms with E-state index in [9.17, 15) is 4.79 Å². The standard InChI is InChI=1S/C7H11ClN2O/c1-7(2,3)10-4-5(8)6(11)9-10/h4H,1-3H3,(H,9,11). The molecule has 0 bridgehead atoms. The van der Waals surface area contributed by atoms with Crippen LogP contribution in [0.5, 0.6) is 0 Å². The van der Waals surface area contributed by atoms with Gasteiger partial charge in [-0.15, -0.1) is 0 Å². The summed E-state index contributed by atoms with van der Waals surface area (Å²) in [5.41, 5.74) is -0.353. The Morgan fingerprint density at radius 2 is 2.09 bits per heavy atom. The molecule has 1 rings (SSSR count). The zero-order chi connectivity index (χ0) is 8.65.